The molecule has 0 aliphatic heterocycles. The van der Waals surface area contributed by atoms with Gasteiger partial charge in [0, 0.05) is 9.58 Å². The molecule has 1 aromatic carbocycles. The van der Waals surface area contributed by atoms with Gasteiger partial charge in [-0.3, -0.25) is 0 Å². The number of benzene rings is 1. The molecular formula is C13H16S. The van der Waals surface area contributed by atoms with Crippen molar-refractivity contribution in [3.05, 3.63) is 34.7 Å². The Labute approximate surface area is 89.6 Å². The van der Waals surface area contributed by atoms with E-state index in [0.29, 0.717) is 0 Å². The Kier molecular flexibility index (Phi) is 2.87. The number of hydrogen-bond donors (Lipinski definition) is 0. The van der Waals surface area contributed by atoms with Crippen LogP contribution in [0.2, 0.25) is 0 Å². The first kappa shape index (κ1) is 9.72. The fourth-order valence-electron chi connectivity index (χ4n) is 1.74. The van der Waals surface area contributed by atoms with Gasteiger partial charge in [-0.15, -0.1) is 11.3 Å². The molecule has 0 bridgehead atoms. The molecule has 74 valence electrons. The van der Waals surface area contributed by atoms with Crippen LogP contribution in [0.15, 0.2) is 24.3 Å². The predicted octanol–water partition coefficient (Wildman–Crippen LogP) is 4.55. The van der Waals surface area contributed by atoms with Crippen molar-refractivity contribution in [2.45, 2.75) is 33.1 Å². The zero-order chi connectivity index (χ0) is 9.97. The van der Waals surface area contributed by atoms with E-state index >= 15 is 0 Å². The van der Waals surface area contributed by atoms with Crippen LogP contribution in [0, 0.1) is 6.92 Å². The summed E-state index contributed by atoms with van der Waals surface area (Å²) in [4.78, 5) is 1.41. The summed E-state index contributed by atoms with van der Waals surface area (Å²) < 4.78 is 1.44. The highest BCUT2D eigenvalue weighted by Gasteiger charge is 1.99. The number of fused-ring (bicyclic) bond motifs is 1. The minimum absolute atomic E-state index is 1.23. The predicted molar refractivity (Wildman–Crippen MR) is 65.2 cm³/mol. The van der Waals surface area contributed by atoms with Crippen LogP contribution in [-0.4, -0.2) is 0 Å². The third-order valence-corrected chi connectivity index (χ3v) is 3.54. The molecule has 0 atom stereocenters. The topological polar surface area (TPSA) is 0 Å². The molecule has 2 aromatic rings. The van der Waals surface area contributed by atoms with Crippen molar-refractivity contribution in [1.29, 1.82) is 0 Å². The lowest BCUT2D eigenvalue weighted by atomic mass is 10.1. The smallest absolute Gasteiger partial charge is 0.0348 e. The van der Waals surface area contributed by atoms with E-state index in [1.54, 1.807) is 0 Å². The Morgan fingerprint density at radius 1 is 1.21 bits per heavy atom. The van der Waals surface area contributed by atoms with Crippen LogP contribution < -0.4 is 0 Å². The first-order valence-electron chi connectivity index (χ1n) is 5.28. The van der Waals surface area contributed by atoms with Crippen molar-refractivity contribution >= 4 is 21.4 Å². The van der Waals surface area contributed by atoms with Gasteiger partial charge in [0.15, 0.2) is 0 Å². The lowest BCUT2D eigenvalue weighted by molar-refractivity contribution is 0.796. The highest BCUT2D eigenvalue weighted by Crippen LogP contribution is 2.26. The van der Waals surface area contributed by atoms with Gasteiger partial charge in [0.25, 0.3) is 0 Å². The zero-order valence-corrected chi connectivity index (χ0v) is 9.66. The van der Waals surface area contributed by atoms with Crippen molar-refractivity contribution in [3.63, 3.8) is 0 Å². The third-order valence-electron chi connectivity index (χ3n) is 2.53. The summed E-state index contributed by atoms with van der Waals surface area (Å²) in [6.45, 7) is 4.42. The maximum atomic E-state index is 2.35. The molecule has 0 nitrogen and oxygen atoms in total. The first-order valence-corrected chi connectivity index (χ1v) is 6.10. The molecule has 2 rings (SSSR count). The highest BCUT2D eigenvalue weighted by molar-refractivity contribution is 7.19. The van der Waals surface area contributed by atoms with Crippen LogP contribution in [0.4, 0.5) is 0 Å². The van der Waals surface area contributed by atoms with Gasteiger partial charge in [-0.1, -0.05) is 25.5 Å². The first-order chi connectivity index (χ1) is 6.79. The van der Waals surface area contributed by atoms with Crippen LogP contribution in [0.3, 0.4) is 0 Å². The van der Waals surface area contributed by atoms with Crippen LogP contribution in [0.5, 0.6) is 0 Å². The summed E-state index contributed by atoms with van der Waals surface area (Å²) in [5, 5.41) is 1.40. The summed E-state index contributed by atoms with van der Waals surface area (Å²) in [7, 11) is 0. The van der Waals surface area contributed by atoms with Crippen LogP contribution >= 0.6 is 11.3 Å². The van der Waals surface area contributed by atoms with Crippen molar-refractivity contribution in [1.82, 2.24) is 0 Å². The minimum atomic E-state index is 1.23. The number of thiophene rings is 1. The summed E-state index contributed by atoms with van der Waals surface area (Å²) in [5.74, 6) is 0. The monoisotopic (exact) mass is 204 g/mol. The van der Waals surface area contributed by atoms with Crippen molar-refractivity contribution in [2.24, 2.45) is 0 Å². The van der Waals surface area contributed by atoms with Gasteiger partial charge in [0.05, 0.1) is 0 Å². The second-order valence-electron chi connectivity index (χ2n) is 3.83. The molecule has 0 fully saturated rings. The van der Waals surface area contributed by atoms with Crippen molar-refractivity contribution in [2.75, 3.05) is 0 Å². The van der Waals surface area contributed by atoms with Gasteiger partial charge < -0.3 is 0 Å². The van der Waals surface area contributed by atoms with E-state index in [4.69, 9.17) is 0 Å². The second-order valence-corrected chi connectivity index (χ2v) is 5.12. The molecule has 0 saturated carbocycles. The quantitative estimate of drug-likeness (QED) is 0.688. The van der Waals surface area contributed by atoms with Crippen LogP contribution in [0.25, 0.3) is 10.1 Å². The summed E-state index contributed by atoms with van der Waals surface area (Å²) in [6, 6.07) is 9.14. The number of hydrogen-bond acceptors (Lipinski definition) is 1. The summed E-state index contributed by atoms with van der Waals surface area (Å²) in [6.07, 6.45) is 3.81. The maximum Gasteiger partial charge on any atom is 0.0348 e. The molecule has 0 unspecified atom stereocenters. The Hall–Kier alpha value is -0.820. The van der Waals surface area contributed by atoms with Crippen molar-refractivity contribution in [3.8, 4) is 0 Å². The molecule has 1 heterocycles. The lowest BCUT2D eigenvalue weighted by Gasteiger charge is -1.99. The Morgan fingerprint density at radius 3 is 2.86 bits per heavy atom. The van der Waals surface area contributed by atoms with Crippen LogP contribution in [0.1, 0.15) is 30.2 Å². The Balaban J connectivity index is 2.31. The zero-order valence-electron chi connectivity index (χ0n) is 8.84. The standard InChI is InChI=1S/C13H16S/c1-3-4-5-11-6-7-12-8-10(2)14-13(12)9-11/h6-9H,3-5H2,1-2H3. The molecular weight excluding hydrogens is 188 g/mol. The molecule has 0 aliphatic rings. The molecule has 1 aromatic heterocycles. The molecule has 0 spiro atoms. The van der Waals surface area contributed by atoms with E-state index in [0.717, 1.165) is 0 Å². The fourth-order valence-corrected chi connectivity index (χ4v) is 2.73. The average Bonchev–Trinajstić information content (AvgIpc) is 2.54. The van der Waals surface area contributed by atoms with E-state index in [-0.39, 0.29) is 0 Å². The van der Waals surface area contributed by atoms with E-state index in [2.05, 4.69) is 38.1 Å². The summed E-state index contributed by atoms with van der Waals surface area (Å²) >= 11 is 1.90. The van der Waals surface area contributed by atoms with Gasteiger partial charge >= 0.3 is 0 Å². The van der Waals surface area contributed by atoms with E-state index in [1.165, 1.54) is 39.8 Å². The molecule has 0 radical (unpaired) electrons. The third kappa shape index (κ3) is 1.98. The van der Waals surface area contributed by atoms with Gasteiger partial charge in [0.2, 0.25) is 0 Å². The van der Waals surface area contributed by atoms with E-state index in [1.807, 2.05) is 11.3 Å². The van der Waals surface area contributed by atoms with E-state index < -0.39 is 0 Å². The highest BCUT2D eigenvalue weighted by atomic mass is 32.1. The second kappa shape index (κ2) is 4.14. The number of aryl methyl sites for hydroxylation is 2. The molecule has 0 aliphatic carbocycles. The fraction of sp³-hybridized carbons (Fsp3) is 0.385. The molecule has 1 heteroatoms. The summed E-state index contributed by atoms with van der Waals surface area (Å²) in [5.41, 5.74) is 1.49. The molecule has 0 amide bonds. The number of rotatable bonds is 3. The van der Waals surface area contributed by atoms with Gasteiger partial charge in [-0.25, -0.2) is 0 Å². The average molecular weight is 204 g/mol. The van der Waals surface area contributed by atoms with Gasteiger partial charge in [0.1, 0.15) is 0 Å². The molecule has 0 N–H and O–H groups in total. The van der Waals surface area contributed by atoms with Gasteiger partial charge in [-0.05, 0) is 42.8 Å². The molecule has 14 heavy (non-hydrogen) atoms. The molecule has 0 saturated heterocycles. The Bertz CT molecular complexity index is 426. The largest absolute Gasteiger partial charge is 0.141 e. The lowest BCUT2D eigenvalue weighted by Crippen LogP contribution is -1.82. The van der Waals surface area contributed by atoms with Gasteiger partial charge in [-0.2, -0.15) is 0 Å². The number of unbranched alkanes of at least 4 members (excludes halogenated alkanes) is 1. The van der Waals surface area contributed by atoms with Crippen LogP contribution in [-0.2, 0) is 6.42 Å². The van der Waals surface area contributed by atoms with Crippen molar-refractivity contribution < 1.29 is 0 Å². The normalized spacial score (nSPS) is 11.0. The Morgan fingerprint density at radius 2 is 2.07 bits per heavy atom. The maximum absolute atomic E-state index is 2.35. The SMILES string of the molecule is CCCCc1ccc2cc(C)sc2c1. The van der Waals surface area contributed by atoms with E-state index in [9.17, 15) is 0 Å². The minimum Gasteiger partial charge on any atom is -0.141 e.